The van der Waals surface area contributed by atoms with Gasteiger partial charge in [0.15, 0.2) is 18.1 Å². The van der Waals surface area contributed by atoms with Gasteiger partial charge in [0.2, 0.25) is 11.8 Å². The number of nitrogens with zero attached hydrogens (tertiary/aromatic N) is 7. The van der Waals surface area contributed by atoms with Crippen molar-refractivity contribution in [3.8, 4) is 17.4 Å². The Morgan fingerprint density at radius 2 is 1.87 bits per heavy atom. The Kier molecular flexibility index (Phi) is 5.59. The SMILES string of the molecule is Cc1nn(-c2ccc(Cl)cc2)c2c1[C@H](c1ccco1)c1c(ncn3nc(CO/N=C\c4ccccc4)nc13)O2. The van der Waals surface area contributed by atoms with Crippen molar-refractivity contribution in [1.82, 2.24) is 29.4 Å². The summed E-state index contributed by atoms with van der Waals surface area (Å²) in [5, 5.41) is 14.0. The first kappa shape index (κ1) is 23.2. The van der Waals surface area contributed by atoms with Gasteiger partial charge in [-0.15, -0.1) is 5.10 Å². The molecule has 0 aliphatic carbocycles. The minimum Gasteiger partial charge on any atom is -0.468 e. The normalized spacial score (nSPS) is 14.4. The van der Waals surface area contributed by atoms with Gasteiger partial charge in [-0.25, -0.2) is 19.2 Å². The summed E-state index contributed by atoms with van der Waals surface area (Å²) >= 11 is 6.12. The van der Waals surface area contributed by atoms with E-state index in [1.54, 1.807) is 28.0 Å². The fraction of sp³-hybridized carbons (Fsp3) is 0.107. The molecule has 11 heteroatoms. The Bertz CT molecular complexity index is 1810. The second kappa shape index (κ2) is 9.41. The van der Waals surface area contributed by atoms with E-state index in [2.05, 4.69) is 15.2 Å². The number of rotatable bonds is 6. The van der Waals surface area contributed by atoms with Crippen molar-refractivity contribution < 1.29 is 14.0 Å². The predicted octanol–water partition coefficient (Wildman–Crippen LogP) is 5.70. The average molecular weight is 538 g/mol. The molecule has 0 N–H and O–H groups in total. The van der Waals surface area contributed by atoms with Gasteiger partial charge in [0.25, 0.3) is 0 Å². The van der Waals surface area contributed by atoms with Gasteiger partial charge in [0.05, 0.1) is 40.9 Å². The fourth-order valence-corrected chi connectivity index (χ4v) is 4.84. The number of ether oxygens (including phenoxy) is 1. The summed E-state index contributed by atoms with van der Waals surface area (Å²) in [5.41, 5.74) is 4.69. The number of fused-ring (bicyclic) bond motifs is 4. The van der Waals surface area contributed by atoms with Crippen LogP contribution in [0.3, 0.4) is 0 Å². The highest BCUT2D eigenvalue weighted by molar-refractivity contribution is 6.30. The van der Waals surface area contributed by atoms with Crippen LogP contribution in [-0.2, 0) is 11.4 Å². The van der Waals surface area contributed by atoms with Crippen LogP contribution in [0.15, 0.2) is 88.9 Å². The molecule has 0 bridgehead atoms. The zero-order valence-corrected chi connectivity index (χ0v) is 21.4. The van der Waals surface area contributed by atoms with Crippen molar-refractivity contribution >= 4 is 23.5 Å². The Morgan fingerprint density at radius 1 is 1.03 bits per heavy atom. The summed E-state index contributed by atoms with van der Waals surface area (Å²) in [4.78, 5) is 14.8. The van der Waals surface area contributed by atoms with Crippen LogP contribution in [0.2, 0.25) is 5.02 Å². The van der Waals surface area contributed by atoms with Crippen LogP contribution in [0, 0.1) is 6.92 Å². The minimum absolute atomic E-state index is 0.0881. The van der Waals surface area contributed by atoms with Crippen LogP contribution in [0.5, 0.6) is 11.8 Å². The van der Waals surface area contributed by atoms with Crippen LogP contribution in [-0.4, -0.2) is 35.6 Å². The molecule has 39 heavy (non-hydrogen) atoms. The van der Waals surface area contributed by atoms with Crippen molar-refractivity contribution in [3.63, 3.8) is 0 Å². The van der Waals surface area contributed by atoms with Crippen LogP contribution in [0.1, 0.15) is 39.9 Å². The van der Waals surface area contributed by atoms with Crippen molar-refractivity contribution in [1.29, 1.82) is 0 Å². The summed E-state index contributed by atoms with van der Waals surface area (Å²) in [7, 11) is 0. The zero-order valence-electron chi connectivity index (χ0n) is 20.6. The summed E-state index contributed by atoms with van der Waals surface area (Å²) in [6.07, 6.45) is 4.85. The predicted molar refractivity (Wildman–Crippen MR) is 143 cm³/mol. The van der Waals surface area contributed by atoms with Gasteiger partial charge in [0, 0.05) is 5.02 Å². The van der Waals surface area contributed by atoms with E-state index in [1.165, 1.54) is 0 Å². The molecular weight excluding hydrogens is 518 g/mol. The van der Waals surface area contributed by atoms with E-state index in [0.717, 1.165) is 28.1 Å². The van der Waals surface area contributed by atoms with Gasteiger partial charge < -0.3 is 14.0 Å². The third-order valence-electron chi connectivity index (χ3n) is 6.43. The molecule has 0 saturated heterocycles. The number of oxime groups is 1. The molecule has 1 aliphatic heterocycles. The molecule has 0 saturated carbocycles. The number of halogens is 1. The van der Waals surface area contributed by atoms with Gasteiger partial charge in [0.1, 0.15) is 12.1 Å². The summed E-state index contributed by atoms with van der Waals surface area (Å²) in [6.45, 7) is 2.03. The number of hydrogen-bond donors (Lipinski definition) is 0. The molecule has 5 heterocycles. The number of benzene rings is 2. The van der Waals surface area contributed by atoms with Crippen molar-refractivity contribution in [3.05, 3.63) is 118 Å². The minimum atomic E-state index is -0.370. The summed E-state index contributed by atoms with van der Waals surface area (Å²) in [6, 6.07) is 20.9. The molecule has 0 amide bonds. The molecule has 1 aliphatic rings. The lowest BCUT2D eigenvalue weighted by molar-refractivity contribution is 0.126. The monoisotopic (exact) mass is 537 g/mol. The van der Waals surface area contributed by atoms with E-state index in [0.29, 0.717) is 34.0 Å². The highest BCUT2D eigenvalue weighted by Gasteiger charge is 2.39. The molecule has 1 atom stereocenters. The Balaban J connectivity index is 1.29. The maximum atomic E-state index is 6.39. The smallest absolute Gasteiger partial charge is 0.230 e. The van der Waals surface area contributed by atoms with E-state index < -0.39 is 0 Å². The first-order valence-corrected chi connectivity index (χ1v) is 12.5. The van der Waals surface area contributed by atoms with E-state index in [4.69, 9.17) is 35.7 Å². The molecule has 0 radical (unpaired) electrons. The van der Waals surface area contributed by atoms with Crippen LogP contribution < -0.4 is 4.74 Å². The van der Waals surface area contributed by atoms with Gasteiger partial charge in [-0.3, -0.25) is 0 Å². The molecule has 7 rings (SSSR count). The van der Waals surface area contributed by atoms with Crippen molar-refractivity contribution in [2.75, 3.05) is 0 Å². The van der Waals surface area contributed by atoms with Crippen LogP contribution in [0.25, 0.3) is 11.3 Å². The van der Waals surface area contributed by atoms with Crippen molar-refractivity contribution in [2.24, 2.45) is 5.16 Å². The number of aryl methyl sites for hydroxylation is 1. The lowest BCUT2D eigenvalue weighted by atomic mass is 9.88. The highest BCUT2D eigenvalue weighted by atomic mass is 35.5. The second-order valence-electron chi connectivity index (χ2n) is 8.92. The Hall–Kier alpha value is -4.96. The maximum absolute atomic E-state index is 6.39. The molecule has 0 fully saturated rings. The Labute approximate surface area is 227 Å². The molecule has 2 aromatic carbocycles. The molecule has 0 unspecified atom stereocenters. The number of furan rings is 1. The van der Waals surface area contributed by atoms with E-state index in [1.807, 2.05) is 73.7 Å². The lowest BCUT2D eigenvalue weighted by Gasteiger charge is -2.24. The molecule has 0 spiro atoms. The lowest BCUT2D eigenvalue weighted by Crippen LogP contribution is -2.15. The van der Waals surface area contributed by atoms with E-state index in [9.17, 15) is 0 Å². The van der Waals surface area contributed by atoms with Gasteiger partial charge in [-0.2, -0.15) is 5.10 Å². The average Bonchev–Trinajstić information content (AvgIpc) is 3.70. The first-order chi connectivity index (χ1) is 19.2. The summed E-state index contributed by atoms with van der Waals surface area (Å²) < 4.78 is 15.7. The third kappa shape index (κ3) is 4.11. The highest BCUT2D eigenvalue weighted by Crippen LogP contribution is 2.49. The van der Waals surface area contributed by atoms with E-state index >= 15 is 0 Å². The molecule has 10 nitrogen and oxygen atoms in total. The van der Waals surface area contributed by atoms with Crippen LogP contribution >= 0.6 is 11.6 Å². The van der Waals surface area contributed by atoms with Crippen molar-refractivity contribution in [2.45, 2.75) is 19.4 Å². The largest absolute Gasteiger partial charge is 0.468 e. The standard InChI is InChI=1S/C28H20ClN7O3/c1-17-23-24(21-8-5-13-37-21)25-26-32-22(15-38-31-14-18-6-3-2-4-7-18)34-35(26)16-30-27(25)39-28(23)36(33-17)20-11-9-19(29)10-12-20/h2-14,16,24H,15H2,1H3/b31-14-/t24-/m0/s1. The topological polar surface area (TPSA) is 105 Å². The van der Waals surface area contributed by atoms with Gasteiger partial charge in [-0.1, -0.05) is 47.1 Å². The van der Waals surface area contributed by atoms with E-state index in [-0.39, 0.29) is 12.5 Å². The van der Waals surface area contributed by atoms with Crippen LogP contribution in [0.4, 0.5) is 0 Å². The van der Waals surface area contributed by atoms with Gasteiger partial charge >= 0.3 is 0 Å². The number of aromatic nitrogens is 6. The molecular formula is C28H20ClN7O3. The second-order valence-corrected chi connectivity index (χ2v) is 9.36. The molecule has 4 aromatic heterocycles. The zero-order chi connectivity index (χ0) is 26.3. The molecule has 192 valence electrons. The fourth-order valence-electron chi connectivity index (χ4n) is 4.71. The molecule has 6 aromatic rings. The Morgan fingerprint density at radius 3 is 2.67 bits per heavy atom. The first-order valence-electron chi connectivity index (χ1n) is 12.2. The maximum Gasteiger partial charge on any atom is 0.230 e. The summed E-state index contributed by atoms with van der Waals surface area (Å²) in [5.74, 6) is 1.74. The number of hydrogen-bond acceptors (Lipinski definition) is 8. The third-order valence-corrected chi connectivity index (χ3v) is 6.68. The quantitative estimate of drug-likeness (QED) is 0.198. The van der Waals surface area contributed by atoms with Gasteiger partial charge in [-0.05, 0) is 48.9 Å².